The standard InChI is InChI=1S/C21H31ClN4O5S/c1-2-23-20(27)15-25-8-4-9-26(11-10-25)21(28)16-6-7-18(22)19(13-16)32(29,30)24-14-17-5-3-12-31-17/h6-7,13,17,24H,2-5,8-12,14-15H2,1H3,(H,23,27). The molecule has 1 unspecified atom stereocenters. The average molecular weight is 487 g/mol. The lowest BCUT2D eigenvalue weighted by Gasteiger charge is -2.22. The molecule has 9 nitrogen and oxygen atoms in total. The number of hydrogen-bond donors (Lipinski definition) is 2. The molecule has 2 aliphatic rings. The van der Waals surface area contributed by atoms with Gasteiger partial charge in [-0.15, -0.1) is 0 Å². The number of carbonyl (C=O) groups excluding carboxylic acids is 2. The van der Waals surface area contributed by atoms with E-state index in [1.165, 1.54) is 12.1 Å². The number of likely N-dealkylation sites (N-methyl/N-ethyl adjacent to an activating group) is 1. The maximum Gasteiger partial charge on any atom is 0.253 e. The summed E-state index contributed by atoms with van der Waals surface area (Å²) >= 11 is 6.17. The molecule has 0 spiro atoms. The quantitative estimate of drug-likeness (QED) is 0.569. The molecule has 2 fully saturated rings. The van der Waals surface area contributed by atoms with E-state index < -0.39 is 10.0 Å². The summed E-state index contributed by atoms with van der Waals surface area (Å²) in [7, 11) is -3.89. The zero-order chi connectivity index (χ0) is 23.1. The van der Waals surface area contributed by atoms with Crippen LogP contribution >= 0.6 is 11.6 Å². The van der Waals surface area contributed by atoms with E-state index in [2.05, 4.69) is 10.0 Å². The number of carbonyl (C=O) groups is 2. The molecule has 2 amide bonds. The summed E-state index contributed by atoms with van der Waals surface area (Å²) in [5.41, 5.74) is 0.268. The smallest absolute Gasteiger partial charge is 0.253 e. The van der Waals surface area contributed by atoms with E-state index in [0.717, 1.165) is 19.3 Å². The van der Waals surface area contributed by atoms with Gasteiger partial charge in [-0.05, 0) is 44.4 Å². The van der Waals surface area contributed by atoms with E-state index in [1.54, 1.807) is 11.0 Å². The van der Waals surface area contributed by atoms with Crippen LogP contribution in [0.5, 0.6) is 0 Å². The van der Waals surface area contributed by atoms with Crippen LogP contribution in [0.4, 0.5) is 0 Å². The van der Waals surface area contributed by atoms with E-state index in [4.69, 9.17) is 16.3 Å². The van der Waals surface area contributed by atoms with Crippen molar-refractivity contribution in [1.82, 2.24) is 19.8 Å². The van der Waals surface area contributed by atoms with Crippen molar-refractivity contribution in [1.29, 1.82) is 0 Å². The van der Waals surface area contributed by atoms with Gasteiger partial charge in [0.1, 0.15) is 4.90 Å². The van der Waals surface area contributed by atoms with Gasteiger partial charge in [-0.2, -0.15) is 0 Å². The van der Waals surface area contributed by atoms with Crippen LogP contribution in [-0.4, -0.2) is 88.6 Å². The molecule has 0 aliphatic carbocycles. The number of nitrogens with zero attached hydrogens (tertiary/aromatic N) is 2. The fourth-order valence-electron chi connectivity index (χ4n) is 3.90. The van der Waals surface area contributed by atoms with Crippen molar-refractivity contribution in [3.63, 3.8) is 0 Å². The van der Waals surface area contributed by atoms with E-state index in [1.807, 2.05) is 11.8 Å². The van der Waals surface area contributed by atoms with Crippen molar-refractivity contribution < 1.29 is 22.7 Å². The van der Waals surface area contributed by atoms with Crippen LogP contribution in [0.15, 0.2) is 23.1 Å². The first-order valence-electron chi connectivity index (χ1n) is 11.0. The first kappa shape index (κ1) is 24.9. The molecule has 0 bridgehead atoms. The molecule has 32 heavy (non-hydrogen) atoms. The summed E-state index contributed by atoms with van der Waals surface area (Å²) in [6.45, 7) is 5.85. The van der Waals surface area contributed by atoms with Gasteiger partial charge in [0, 0.05) is 51.4 Å². The van der Waals surface area contributed by atoms with Crippen molar-refractivity contribution in [3.8, 4) is 0 Å². The molecule has 2 aliphatic heterocycles. The second-order valence-electron chi connectivity index (χ2n) is 8.01. The monoisotopic (exact) mass is 486 g/mol. The zero-order valence-electron chi connectivity index (χ0n) is 18.3. The lowest BCUT2D eigenvalue weighted by molar-refractivity contribution is -0.122. The highest BCUT2D eigenvalue weighted by atomic mass is 35.5. The van der Waals surface area contributed by atoms with Gasteiger partial charge in [0.2, 0.25) is 15.9 Å². The van der Waals surface area contributed by atoms with Crippen LogP contribution in [-0.2, 0) is 19.6 Å². The highest BCUT2D eigenvalue weighted by Gasteiger charge is 2.26. The Bertz CT molecular complexity index is 921. The normalized spacial score (nSPS) is 20.2. The summed E-state index contributed by atoms with van der Waals surface area (Å²) in [4.78, 5) is 28.5. The second kappa shape index (κ2) is 11.4. The van der Waals surface area contributed by atoms with Crippen LogP contribution in [0.25, 0.3) is 0 Å². The van der Waals surface area contributed by atoms with Crippen LogP contribution in [0.2, 0.25) is 5.02 Å². The SMILES string of the molecule is CCNC(=O)CN1CCCN(C(=O)c2ccc(Cl)c(S(=O)(=O)NCC3CCCO3)c2)CC1. The van der Waals surface area contributed by atoms with Crippen molar-refractivity contribution in [2.45, 2.75) is 37.2 Å². The molecule has 0 aromatic heterocycles. The van der Waals surface area contributed by atoms with Crippen molar-refractivity contribution in [2.24, 2.45) is 0 Å². The molecule has 1 aromatic rings. The van der Waals surface area contributed by atoms with Gasteiger partial charge in [0.05, 0.1) is 17.7 Å². The second-order valence-corrected chi connectivity index (χ2v) is 10.2. The minimum Gasteiger partial charge on any atom is -0.377 e. The number of benzene rings is 1. The maximum absolute atomic E-state index is 13.1. The number of hydrogen-bond acceptors (Lipinski definition) is 6. The number of amides is 2. The highest BCUT2D eigenvalue weighted by molar-refractivity contribution is 7.89. The first-order chi connectivity index (χ1) is 15.3. The van der Waals surface area contributed by atoms with Crippen LogP contribution in [0.1, 0.15) is 36.5 Å². The minimum absolute atomic E-state index is 0.0321. The lowest BCUT2D eigenvalue weighted by atomic mass is 10.2. The number of ether oxygens (including phenoxy) is 1. The molecule has 2 heterocycles. The molecule has 11 heteroatoms. The molecular weight excluding hydrogens is 456 g/mol. The molecule has 2 N–H and O–H groups in total. The summed E-state index contributed by atoms with van der Waals surface area (Å²) in [6, 6.07) is 4.32. The zero-order valence-corrected chi connectivity index (χ0v) is 19.9. The van der Waals surface area contributed by atoms with Crippen molar-refractivity contribution >= 4 is 33.4 Å². The van der Waals surface area contributed by atoms with E-state index in [-0.39, 0.29) is 39.9 Å². The Labute approximate surface area is 194 Å². The lowest BCUT2D eigenvalue weighted by Crippen LogP contribution is -2.40. The average Bonchev–Trinajstić information content (AvgIpc) is 3.18. The van der Waals surface area contributed by atoms with Crippen molar-refractivity contribution in [3.05, 3.63) is 28.8 Å². The number of halogens is 1. The Morgan fingerprint density at radius 2 is 2.00 bits per heavy atom. The molecular formula is C21H31ClN4O5S. The summed E-state index contributed by atoms with van der Waals surface area (Å²) in [6.07, 6.45) is 2.30. The predicted octanol–water partition coefficient (Wildman–Crippen LogP) is 1.08. The third-order valence-electron chi connectivity index (χ3n) is 5.61. The highest BCUT2D eigenvalue weighted by Crippen LogP contribution is 2.24. The van der Waals surface area contributed by atoms with Gasteiger partial charge in [0.15, 0.2) is 0 Å². The largest absolute Gasteiger partial charge is 0.377 e. The van der Waals surface area contributed by atoms with E-state index >= 15 is 0 Å². The fraction of sp³-hybridized carbons (Fsp3) is 0.619. The van der Waals surface area contributed by atoms with E-state index in [0.29, 0.717) is 45.9 Å². The maximum atomic E-state index is 13.1. The number of nitrogens with one attached hydrogen (secondary N) is 2. The Morgan fingerprint density at radius 1 is 1.19 bits per heavy atom. The Morgan fingerprint density at radius 3 is 2.72 bits per heavy atom. The van der Waals surface area contributed by atoms with Gasteiger partial charge < -0.3 is 15.0 Å². The molecule has 0 saturated carbocycles. The molecule has 2 saturated heterocycles. The van der Waals surface area contributed by atoms with Crippen LogP contribution in [0, 0.1) is 0 Å². The van der Waals surface area contributed by atoms with Gasteiger partial charge in [-0.3, -0.25) is 14.5 Å². The molecule has 1 aromatic carbocycles. The molecule has 1 atom stereocenters. The molecule has 0 radical (unpaired) electrons. The van der Waals surface area contributed by atoms with Gasteiger partial charge in [0.25, 0.3) is 5.91 Å². The van der Waals surface area contributed by atoms with Gasteiger partial charge in [-0.25, -0.2) is 13.1 Å². The fourth-order valence-corrected chi connectivity index (χ4v) is 5.49. The van der Waals surface area contributed by atoms with Gasteiger partial charge in [-0.1, -0.05) is 11.6 Å². The van der Waals surface area contributed by atoms with Gasteiger partial charge >= 0.3 is 0 Å². The third kappa shape index (κ3) is 6.64. The Balaban J connectivity index is 1.66. The Kier molecular flexibility index (Phi) is 8.89. The number of rotatable bonds is 8. The molecule has 3 rings (SSSR count). The summed E-state index contributed by atoms with van der Waals surface area (Å²) in [5.74, 6) is -0.285. The first-order valence-corrected chi connectivity index (χ1v) is 12.9. The van der Waals surface area contributed by atoms with E-state index in [9.17, 15) is 18.0 Å². The topological polar surface area (TPSA) is 108 Å². The minimum atomic E-state index is -3.89. The van der Waals surface area contributed by atoms with Crippen LogP contribution < -0.4 is 10.0 Å². The Hall–Kier alpha value is -1.72. The van der Waals surface area contributed by atoms with Crippen LogP contribution in [0.3, 0.4) is 0 Å². The summed E-state index contributed by atoms with van der Waals surface area (Å²) < 4.78 is 33.6. The van der Waals surface area contributed by atoms with Crippen molar-refractivity contribution in [2.75, 3.05) is 52.4 Å². The number of sulfonamides is 1. The molecule has 178 valence electrons. The predicted molar refractivity (Wildman–Crippen MR) is 121 cm³/mol. The summed E-state index contributed by atoms with van der Waals surface area (Å²) in [5, 5.41) is 2.84. The third-order valence-corrected chi connectivity index (χ3v) is 7.51.